The topological polar surface area (TPSA) is 103 Å². The van der Waals surface area contributed by atoms with Gasteiger partial charge in [0.15, 0.2) is 0 Å². The van der Waals surface area contributed by atoms with Crippen molar-refractivity contribution >= 4 is 18.0 Å². The first-order valence-electron chi connectivity index (χ1n) is 10.2. The van der Waals surface area contributed by atoms with Crippen LogP contribution in [0.4, 0.5) is 18.0 Å². The standard InChI is InChI=1S/C22H31F3N2O6/c1-13(2)15(27-19(30)33-20(3,4)5)16(17(28)31-6)26-18(29)21(32-7,22(23,24)25)14-11-9-8-10-12-14/h8-13,15-16H,1-7H3,(H,26,29)(H,27,30)/t15-,16+,21+/m0/s1. The fourth-order valence-electron chi connectivity index (χ4n) is 3.17. The van der Waals surface area contributed by atoms with Gasteiger partial charge in [-0.3, -0.25) is 4.79 Å². The number of esters is 1. The molecule has 0 fully saturated rings. The maximum absolute atomic E-state index is 14.2. The number of methoxy groups -OCH3 is 2. The number of alkyl carbamates (subject to hydrolysis) is 1. The summed E-state index contributed by atoms with van der Waals surface area (Å²) in [5, 5.41) is 4.53. The summed E-state index contributed by atoms with van der Waals surface area (Å²) in [4.78, 5) is 37.9. The second kappa shape index (κ2) is 10.9. The summed E-state index contributed by atoms with van der Waals surface area (Å²) in [5.41, 5.74) is -4.76. The molecule has 1 aromatic rings. The average molecular weight is 476 g/mol. The van der Waals surface area contributed by atoms with Crippen molar-refractivity contribution in [2.75, 3.05) is 14.2 Å². The molecule has 0 aromatic heterocycles. The average Bonchev–Trinajstić information content (AvgIpc) is 2.69. The summed E-state index contributed by atoms with van der Waals surface area (Å²) in [6.07, 6.45) is -6.10. The second-order valence-corrected chi connectivity index (χ2v) is 8.64. The van der Waals surface area contributed by atoms with E-state index in [1.54, 1.807) is 34.6 Å². The molecule has 1 rings (SSSR count). The van der Waals surface area contributed by atoms with Gasteiger partial charge in [0, 0.05) is 12.7 Å². The maximum Gasteiger partial charge on any atom is 0.430 e. The number of hydrogen-bond donors (Lipinski definition) is 2. The molecule has 2 N–H and O–H groups in total. The van der Waals surface area contributed by atoms with E-state index in [-0.39, 0.29) is 0 Å². The smallest absolute Gasteiger partial charge is 0.430 e. The van der Waals surface area contributed by atoms with Gasteiger partial charge >= 0.3 is 18.2 Å². The monoisotopic (exact) mass is 476 g/mol. The molecule has 0 aliphatic heterocycles. The van der Waals surface area contributed by atoms with Crippen molar-refractivity contribution in [1.29, 1.82) is 0 Å². The quantitative estimate of drug-likeness (QED) is 0.558. The third kappa shape index (κ3) is 6.83. The molecule has 1 aromatic carbocycles. The van der Waals surface area contributed by atoms with E-state index in [2.05, 4.69) is 10.6 Å². The first-order valence-corrected chi connectivity index (χ1v) is 10.2. The van der Waals surface area contributed by atoms with Crippen molar-refractivity contribution in [2.45, 2.75) is 64.1 Å². The van der Waals surface area contributed by atoms with Crippen molar-refractivity contribution in [3.8, 4) is 0 Å². The molecule has 2 amide bonds. The highest BCUT2D eigenvalue weighted by Gasteiger charge is 2.63. The van der Waals surface area contributed by atoms with Crippen molar-refractivity contribution in [2.24, 2.45) is 5.92 Å². The molecule has 186 valence electrons. The lowest BCUT2D eigenvalue weighted by Crippen LogP contribution is -2.64. The largest absolute Gasteiger partial charge is 0.467 e. The zero-order chi connectivity index (χ0) is 25.6. The Morgan fingerprint density at radius 1 is 0.939 bits per heavy atom. The first kappa shape index (κ1) is 28.2. The molecule has 0 unspecified atom stereocenters. The molecule has 0 bridgehead atoms. The molecule has 3 atom stereocenters. The van der Waals surface area contributed by atoms with E-state index in [1.807, 2.05) is 0 Å². The normalized spacial score (nSPS) is 15.7. The molecular weight excluding hydrogens is 445 g/mol. The minimum atomic E-state index is -5.18. The van der Waals surface area contributed by atoms with Crippen LogP contribution in [0.5, 0.6) is 0 Å². The number of alkyl halides is 3. The third-order valence-corrected chi connectivity index (χ3v) is 4.71. The SMILES string of the molecule is COC(=O)[C@H](NC(=O)[C@](OC)(c1ccccc1)C(F)(F)F)[C@@H](NC(=O)OC(C)(C)C)C(C)C. The third-order valence-electron chi connectivity index (χ3n) is 4.71. The summed E-state index contributed by atoms with van der Waals surface area (Å²) >= 11 is 0. The van der Waals surface area contributed by atoms with Crippen molar-refractivity contribution in [3.05, 3.63) is 35.9 Å². The molecular formula is C22H31F3N2O6. The van der Waals surface area contributed by atoms with Gasteiger partial charge in [0.25, 0.3) is 11.5 Å². The lowest BCUT2D eigenvalue weighted by Gasteiger charge is -2.36. The van der Waals surface area contributed by atoms with E-state index < -0.39 is 58.9 Å². The van der Waals surface area contributed by atoms with Crippen molar-refractivity contribution < 1.29 is 41.8 Å². The van der Waals surface area contributed by atoms with Gasteiger partial charge in [0.05, 0.1) is 13.2 Å². The fraction of sp³-hybridized carbons (Fsp3) is 0.591. The van der Waals surface area contributed by atoms with Crippen LogP contribution in [-0.4, -0.2) is 56.1 Å². The van der Waals surface area contributed by atoms with Gasteiger partial charge in [-0.15, -0.1) is 0 Å². The van der Waals surface area contributed by atoms with Crippen LogP contribution in [0.25, 0.3) is 0 Å². The number of ether oxygens (including phenoxy) is 3. The first-order chi connectivity index (χ1) is 15.1. The number of nitrogens with one attached hydrogen (secondary N) is 2. The number of carbonyl (C=O) groups is 3. The van der Waals surface area contributed by atoms with Crippen LogP contribution < -0.4 is 10.6 Å². The van der Waals surface area contributed by atoms with Gasteiger partial charge in [-0.05, 0) is 26.7 Å². The molecule has 0 saturated heterocycles. The number of benzene rings is 1. The Labute approximate surface area is 191 Å². The second-order valence-electron chi connectivity index (χ2n) is 8.64. The summed E-state index contributed by atoms with van der Waals surface area (Å²) in [5.74, 6) is -3.21. The lowest BCUT2D eigenvalue weighted by atomic mass is 9.89. The summed E-state index contributed by atoms with van der Waals surface area (Å²) < 4.78 is 57.3. The van der Waals surface area contributed by atoms with E-state index in [9.17, 15) is 27.6 Å². The van der Waals surface area contributed by atoms with Gasteiger partial charge in [-0.25, -0.2) is 9.59 Å². The van der Waals surface area contributed by atoms with Gasteiger partial charge in [0.1, 0.15) is 11.6 Å². The van der Waals surface area contributed by atoms with Crippen LogP contribution in [0.1, 0.15) is 40.2 Å². The van der Waals surface area contributed by atoms with Gasteiger partial charge in [0.2, 0.25) is 0 Å². The van der Waals surface area contributed by atoms with Gasteiger partial charge in [-0.1, -0.05) is 44.2 Å². The Morgan fingerprint density at radius 3 is 1.88 bits per heavy atom. The maximum atomic E-state index is 14.2. The van der Waals surface area contributed by atoms with Crippen molar-refractivity contribution in [3.63, 3.8) is 0 Å². The molecule has 0 radical (unpaired) electrons. The Kier molecular flexibility index (Phi) is 9.29. The Morgan fingerprint density at radius 2 is 1.48 bits per heavy atom. The number of rotatable bonds is 8. The summed E-state index contributed by atoms with van der Waals surface area (Å²) in [6.45, 7) is 8.06. The lowest BCUT2D eigenvalue weighted by molar-refractivity contribution is -0.266. The minimum Gasteiger partial charge on any atom is -0.467 e. The Bertz CT molecular complexity index is 824. The molecule has 0 saturated carbocycles. The van der Waals surface area contributed by atoms with Crippen LogP contribution in [-0.2, 0) is 29.4 Å². The Balaban J connectivity index is 3.43. The van der Waals surface area contributed by atoms with Crippen LogP contribution >= 0.6 is 0 Å². The predicted molar refractivity (Wildman–Crippen MR) is 113 cm³/mol. The fourth-order valence-corrected chi connectivity index (χ4v) is 3.17. The predicted octanol–water partition coefficient (Wildman–Crippen LogP) is 3.30. The molecule has 8 nitrogen and oxygen atoms in total. The van der Waals surface area contributed by atoms with E-state index in [0.29, 0.717) is 0 Å². The molecule has 0 aliphatic rings. The number of halogens is 3. The van der Waals surface area contributed by atoms with Gasteiger partial charge < -0.3 is 24.8 Å². The van der Waals surface area contributed by atoms with E-state index in [4.69, 9.17) is 14.2 Å². The van der Waals surface area contributed by atoms with E-state index in [0.717, 1.165) is 26.4 Å². The summed E-state index contributed by atoms with van der Waals surface area (Å²) in [7, 11) is 1.75. The van der Waals surface area contributed by atoms with Crippen molar-refractivity contribution in [1.82, 2.24) is 10.6 Å². The van der Waals surface area contributed by atoms with E-state index >= 15 is 0 Å². The van der Waals surface area contributed by atoms with Crippen LogP contribution in [0.2, 0.25) is 0 Å². The number of carbonyl (C=O) groups excluding carboxylic acids is 3. The summed E-state index contributed by atoms with van der Waals surface area (Å²) in [6, 6.07) is 3.47. The Hall–Kier alpha value is -2.82. The van der Waals surface area contributed by atoms with Crippen LogP contribution in [0.3, 0.4) is 0 Å². The molecule has 33 heavy (non-hydrogen) atoms. The highest BCUT2D eigenvalue weighted by Crippen LogP contribution is 2.42. The number of amides is 2. The van der Waals surface area contributed by atoms with E-state index in [1.165, 1.54) is 18.2 Å². The van der Waals surface area contributed by atoms with Gasteiger partial charge in [-0.2, -0.15) is 13.2 Å². The van der Waals surface area contributed by atoms with Crippen LogP contribution in [0.15, 0.2) is 30.3 Å². The number of hydrogen-bond acceptors (Lipinski definition) is 6. The minimum absolute atomic E-state index is 0.484. The van der Waals surface area contributed by atoms with Crippen LogP contribution in [0, 0.1) is 5.92 Å². The molecule has 0 spiro atoms. The zero-order valence-corrected chi connectivity index (χ0v) is 19.7. The molecule has 0 heterocycles. The zero-order valence-electron chi connectivity index (χ0n) is 19.7. The molecule has 0 aliphatic carbocycles. The molecule has 11 heteroatoms. The highest BCUT2D eigenvalue weighted by atomic mass is 19.4. The highest BCUT2D eigenvalue weighted by molar-refractivity contribution is 5.92.